The SMILES string of the molecule is N#Cc1ccc(C2Cn3c(=O)c(C(=O)NCC(=O)O)c(O)c4c(O)ccc(c43)O2)cc1. The molecular weight excluding hydrogens is 406 g/mol. The van der Waals surface area contributed by atoms with Crippen molar-refractivity contribution in [3.63, 3.8) is 0 Å². The van der Waals surface area contributed by atoms with Crippen molar-refractivity contribution < 1.29 is 29.6 Å². The van der Waals surface area contributed by atoms with Gasteiger partial charge in [-0.15, -0.1) is 0 Å². The molecule has 1 unspecified atom stereocenters. The monoisotopic (exact) mass is 421 g/mol. The zero-order valence-corrected chi connectivity index (χ0v) is 15.8. The van der Waals surface area contributed by atoms with Gasteiger partial charge in [0.05, 0.1) is 23.6 Å². The molecule has 31 heavy (non-hydrogen) atoms. The van der Waals surface area contributed by atoms with Crippen LogP contribution in [-0.2, 0) is 11.3 Å². The highest BCUT2D eigenvalue weighted by atomic mass is 16.5. The predicted octanol–water partition coefficient (Wildman–Crippen LogP) is 1.23. The number of aliphatic carboxylic acids is 1. The molecule has 0 spiro atoms. The summed E-state index contributed by atoms with van der Waals surface area (Å²) in [5, 5.41) is 40.5. The number of carbonyl (C=O) groups is 2. The second-order valence-corrected chi connectivity index (χ2v) is 6.86. The van der Waals surface area contributed by atoms with Crippen LogP contribution < -0.4 is 15.6 Å². The average Bonchev–Trinajstić information content (AvgIpc) is 2.76. The summed E-state index contributed by atoms with van der Waals surface area (Å²) in [6.45, 7) is -0.796. The molecule has 2 heterocycles. The molecule has 0 saturated carbocycles. The van der Waals surface area contributed by atoms with E-state index < -0.39 is 41.4 Å². The second kappa shape index (κ2) is 7.38. The summed E-state index contributed by atoms with van der Waals surface area (Å²) < 4.78 is 7.17. The quantitative estimate of drug-likeness (QED) is 0.489. The summed E-state index contributed by atoms with van der Waals surface area (Å²) in [6.07, 6.45) is -0.648. The van der Waals surface area contributed by atoms with Crippen LogP contribution in [0.25, 0.3) is 10.9 Å². The van der Waals surface area contributed by atoms with Gasteiger partial charge in [-0.1, -0.05) is 12.1 Å². The molecule has 1 aliphatic rings. The number of carbonyl (C=O) groups excluding carboxylic acids is 1. The zero-order chi connectivity index (χ0) is 22.3. The minimum Gasteiger partial charge on any atom is -0.507 e. The van der Waals surface area contributed by atoms with E-state index in [1.807, 2.05) is 11.4 Å². The number of nitrogens with zero attached hydrogens (tertiary/aromatic N) is 2. The van der Waals surface area contributed by atoms with Gasteiger partial charge in [0.1, 0.15) is 41.0 Å². The summed E-state index contributed by atoms with van der Waals surface area (Å²) in [5.41, 5.74) is -0.306. The first-order valence-electron chi connectivity index (χ1n) is 9.10. The molecule has 1 aliphatic heterocycles. The lowest BCUT2D eigenvalue weighted by atomic mass is 10.0. The molecule has 4 N–H and O–H groups in total. The van der Waals surface area contributed by atoms with E-state index in [1.165, 1.54) is 16.7 Å². The minimum absolute atomic E-state index is 0.0445. The molecule has 0 aliphatic carbocycles. The van der Waals surface area contributed by atoms with Gasteiger partial charge in [0.15, 0.2) is 0 Å². The third-order valence-electron chi connectivity index (χ3n) is 4.98. The number of nitrogens with one attached hydrogen (secondary N) is 1. The van der Waals surface area contributed by atoms with Crippen LogP contribution in [0, 0.1) is 11.3 Å². The number of hydrogen-bond acceptors (Lipinski definition) is 7. The van der Waals surface area contributed by atoms with Crippen LogP contribution in [0.1, 0.15) is 27.6 Å². The van der Waals surface area contributed by atoms with E-state index in [4.69, 9.17) is 15.1 Å². The molecule has 0 bridgehead atoms. The third kappa shape index (κ3) is 3.28. The van der Waals surface area contributed by atoms with E-state index >= 15 is 0 Å². The van der Waals surface area contributed by atoms with Gasteiger partial charge < -0.3 is 25.4 Å². The summed E-state index contributed by atoms with van der Waals surface area (Å²) in [6, 6.07) is 11.3. The molecule has 10 nitrogen and oxygen atoms in total. The molecule has 1 atom stereocenters. The van der Waals surface area contributed by atoms with E-state index in [1.54, 1.807) is 24.3 Å². The molecule has 156 valence electrons. The molecular formula is C21H15N3O7. The van der Waals surface area contributed by atoms with Crippen molar-refractivity contribution in [2.24, 2.45) is 0 Å². The molecule has 0 radical (unpaired) electrons. The largest absolute Gasteiger partial charge is 0.507 e. The highest BCUT2D eigenvalue weighted by molar-refractivity contribution is 6.06. The highest BCUT2D eigenvalue weighted by Crippen LogP contribution is 2.42. The molecule has 3 aromatic rings. The Morgan fingerprint density at radius 1 is 1.19 bits per heavy atom. The van der Waals surface area contributed by atoms with Crippen LogP contribution >= 0.6 is 0 Å². The third-order valence-corrected chi connectivity index (χ3v) is 4.98. The Kier molecular flexibility index (Phi) is 4.71. The smallest absolute Gasteiger partial charge is 0.322 e. The maximum absolute atomic E-state index is 13.1. The van der Waals surface area contributed by atoms with Gasteiger partial charge in [-0.2, -0.15) is 5.26 Å². The Morgan fingerprint density at radius 3 is 2.55 bits per heavy atom. The molecule has 1 amide bonds. The van der Waals surface area contributed by atoms with Gasteiger partial charge in [-0.3, -0.25) is 19.0 Å². The van der Waals surface area contributed by atoms with Crippen molar-refractivity contribution in [2.45, 2.75) is 12.6 Å². The molecule has 4 rings (SSSR count). The van der Waals surface area contributed by atoms with Gasteiger partial charge in [0, 0.05) is 0 Å². The fraction of sp³-hybridized carbons (Fsp3) is 0.143. The van der Waals surface area contributed by atoms with Crippen molar-refractivity contribution in [2.75, 3.05) is 6.54 Å². The first kappa shape index (κ1) is 19.8. The number of rotatable bonds is 4. The Labute approximate surface area is 174 Å². The Bertz CT molecular complexity index is 1340. The number of carboxylic acid groups (broad SMARTS) is 1. The van der Waals surface area contributed by atoms with E-state index in [-0.39, 0.29) is 28.9 Å². The Balaban J connectivity index is 1.88. The fourth-order valence-electron chi connectivity index (χ4n) is 3.55. The lowest BCUT2D eigenvalue weighted by Crippen LogP contribution is -2.38. The van der Waals surface area contributed by atoms with E-state index in [0.29, 0.717) is 11.1 Å². The molecule has 10 heteroatoms. The van der Waals surface area contributed by atoms with E-state index in [0.717, 1.165) is 0 Å². The molecule has 2 aromatic carbocycles. The van der Waals surface area contributed by atoms with Crippen LogP contribution in [0.2, 0.25) is 0 Å². The van der Waals surface area contributed by atoms with Crippen LogP contribution in [0.3, 0.4) is 0 Å². The Hall–Kier alpha value is -4.52. The number of phenols is 1. The zero-order valence-electron chi connectivity index (χ0n) is 15.8. The van der Waals surface area contributed by atoms with Crippen LogP contribution in [0.15, 0.2) is 41.2 Å². The number of amides is 1. The summed E-state index contributed by atoms with van der Waals surface area (Å²) in [4.78, 5) is 36.3. The minimum atomic E-state index is -1.32. The molecule has 0 saturated heterocycles. The first-order valence-corrected chi connectivity index (χ1v) is 9.10. The molecule has 0 fully saturated rings. The van der Waals surface area contributed by atoms with Crippen molar-refractivity contribution in [1.29, 1.82) is 5.26 Å². The van der Waals surface area contributed by atoms with Crippen molar-refractivity contribution in [3.05, 3.63) is 63.4 Å². The van der Waals surface area contributed by atoms with E-state index in [2.05, 4.69) is 0 Å². The van der Waals surface area contributed by atoms with Crippen LogP contribution in [0.5, 0.6) is 17.2 Å². The number of carboxylic acids is 1. The number of benzene rings is 2. The lowest BCUT2D eigenvalue weighted by Gasteiger charge is -2.29. The summed E-state index contributed by atoms with van der Waals surface area (Å²) >= 11 is 0. The number of hydrogen-bond donors (Lipinski definition) is 4. The maximum atomic E-state index is 13.1. The summed E-state index contributed by atoms with van der Waals surface area (Å²) in [5.74, 6) is -3.34. The van der Waals surface area contributed by atoms with Crippen molar-refractivity contribution in [1.82, 2.24) is 9.88 Å². The topological polar surface area (TPSA) is 162 Å². The number of nitriles is 1. The van der Waals surface area contributed by atoms with E-state index in [9.17, 15) is 24.6 Å². The van der Waals surface area contributed by atoms with Crippen molar-refractivity contribution >= 4 is 22.8 Å². The van der Waals surface area contributed by atoms with Crippen molar-refractivity contribution in [3.8, 4) is 23.3 Å². The van der Waals surface area contributed by atoms with Crippen LogP contribution in [0.4, 0.5) is 0 Å². The normalized spacial score (nSPS) is 14.5. The highest BCUT2D eigenvalue weighted by Gasteiger charge is 2.31. The molecule has 1 aromatic heterocycles. The van der Waals surface area contributed by atoms with Gasteiger partial charge in [-0.25, -0.2) is 0 Å². The van der Waals surface area contributed by atoms with Gasteiger partial charge in [0.25, 0.3) is 11.5 Å². The first-order chi connectivity index (χ1) is 14.8. The lowest BCUT2D eigenvalue weighted by molar-refractivity contribution is -0.135. The fourth-order valence-corrected chi connectivity index (χ4v) is 3.55. The van der Waals surface area contributed by atoms with Crippen LogP contribution in [-0.4, -0.2) is 38.3 Å². The number of phenolic OH excluding ortho intramolecular Hbond substituents is 1. The number of aromatic hydroxyl groups is 2. The maximum Gasteiger partial charge on any atom is 0.322 e. The average molecular weight is 421 g/mol. The standard InChI is InChI=1S/C21H15N3O7/c22-7-10-1-3-11(4-2-10)14-9-24-18-13(31-14)6-5-12(25)16(18)19(28)17(21(24)30)20(29)23-8-15(26)27/h1-6,14,25,28H,8-9H2,(H,23,29)(H,26,27). The van der Waals surface area contributed by atoms with Gasteiger partial charge in [-0.05, 0) is 29.8 Å². The Morgan fingerprint density at radius 2 is 1.90 bits per heavy atom. The van der Waals surface area contributed by atoms with Gasteiger partial charge >= 0.3 is 5.97 Å². The number of pyridine rings is 1. The van der Waals surface area contributed by atoms with Gasteiger partial charge in [0.2, 0.25) is 0 Å². The predicted molar refractivity (Wildman–Crippen MR) is 106 cm³/mol. The number of aromatic nitrogens is 1. The second-order valence-electron chi connectivity index (χ2n) is 6.86. The summed E-state index contributed by atoms with van der Waals surface area (Å²) in [7, 11) is 0. The number of ether oxygens (including phenoxy) is 1.